The SMILES string of the molecule is Cc1ccc(C2CC2C(=O)Nc2ccncc2)cc1. The number of amides is 1. The third-order valence-corrected chi connectivity index (χ3v) is 3.58. The second kappa shape index (κ2) is 4.84. The van der Waals surface area contributed by atoms with Crippen LogP contribution < -0.4 is 5.32 Å². The summed E-state index contributed by atoms with van der Waals surface area (Å²) in [6.45, 7) is 2.07. The molecule has 3 rings (SSSR count). The maximum Gasteiger partial charge on any atom is 0.228 e. The molecule has 0 aliphatic heterocycles. The summed E-state index contributed by atoms with van der Waals surface area (Å²) in [6, 6.07) is 12.1. The zero-order valence-electron chi connectivity index (χ0n) is 10.8. The number of pyridine rings is 1. The zero-order valence-corrected chi connectivity index (χ0v) is 10.8. The van der Waals surface area contributed by atoms with Gasteiger partial charge in [0.1, 0.15) is 0 Å². The highest BCUT2D eigenvalue weighted by molar-refractivity contribution is 5.95. The van der Waals surface area contributed by atoms with Crippen LogP contribution in [0.2, 0.25) is 0 Å². The summed E-state index contributed by atoms with van der Waals surface area (Å²) in [7, 11) is 0. The Labute approximate surface area is 112 Å². The Kier molecular flexibility index (Phi) is 3.03. The quantitative estimate of drug-likeness (QED) is 0.911. The molecule has 1 amide bonds. The third-order valence-electron chi connectivity index (χ3n) is 3.58. The molecule has 1 aromatic carbocycles. The minimum Gasteiger partial charge on any atom is -0.326 e. The monoisotopic (exact) mass is 252 g/mol. The first kappa shape index (κ1) is 11.9. The predicted molar refractivity (Wildman–Crippen MR) is 74.9 cm³/mol. The van der Waals surface area contributed by atoms with Gasteiger partial charge in [-0.05, 0) is 37.0 Å². The first-order valence-electron chi connectivity index (χ1n) is 6.51. The molecule has 3 nitrogen and oxygen atoms in total. The number of nitrogens with zero attached hydrogens (tertiary/aromatic N) is 1. The summed E-state index contributed by atoms with van der Waals surface area (Å²) >= 11 is 0. The molecule has 19 heavy (non-hydrogen) atoms. The molecule has 1 fully saturated rings. The predicted octanol–water partition coefficient (Wildman–Crippen LogP) is 3.13. The van der Waals surface area contributed by atoms with Gasteiger partial charge in [0.2, 0.25) is 5.91 Å². The highest BCUT2D eigenvalue weighted by atomic mass is 16.2. The highest BCUT2D eigenvalue weighted by Crippen LogP contribution is 2.47. The van der Waals surface area contributed by atoms with Gasteiger partial charge in [0.05, 0.1) is 0 Å². The molecule has 1 aromatic heterocycles. The topological polar surface area (TPSA) is 42.0 Å². The summed E-state index contributed by atoms with van der Waals surface area (Å²) in [5, 5.41) is 2.94. The number of aromatic nitrogens is 1. The van der Waals surface area contributed by atoms with Gasteiger partial charge >= 0.3 is 0 Å². The number of aryl methyl sites for hydroxylation is 1. The van der Waals surface area contributed by atoms with E-state index in [0.717, 1.165) is 12.1 Å². The van der Waals surface area contributed by atoms with Crippen molar-refractivity contribution in [3.05, 3.63) is 59.9 Å². The lowest BCUT2D eigenvalue weighted by molar-refractivity contribution is -0.117. The van der Waals surface area contributed by atoms with E-state index in [1.807, 2.05) is 0 Å². The van der Waals surface area contributed by atoms with Crippen LogP contribution in [0.25, 0.3) is 0 Å². The van der Waals surface area contributed by atoms with Crippen LogP contribution in [-0.2, 0) is 4.79 Å². The van der Waals surface area contributed by atoms with Crippen LogP contribution in [0, 0.1) is 12.8 Å². The summed E-state index contributed by atoms with van der Waals surface area (Å²) in [5.74, 6) is 0.593. The average molecular weight is 252 g/mol. The Bertz CT molecular complexity index is 577. The lowest BCUT2D eigenvalue weighted by atomic mass is 10.1. The number of hydrogen-bond donors (Lipinski definition) is 1. The number of benzene rings is 1. The smallest absolute Gasteiger partial charge is 0.228 e. The van der Waals surface area contributed by atoms with Gasteiger partial charge in [-0.3, -0.25) is 9.78 Å². The normalized spacial score (nSPS) is 20.9. The van der Waals surface area contributed by atoms with E-state index in [0.29, 0.717) is 5.92 Å². The van der Waals surface area contributed by atoms with Crippen molar-refractivity contribution in [3.8, 4) is 0 Å². The van der Waals surface area contributed by atoms with E-state index in [-0.39, 0.29) is 11.8 Å². The first-order valence-corrected chi connectivity index (χ1v) is 6.51. The van der Waals surface area contributed by atoms with Crippen LogP contribution in [0.4, 0.5) is 5.69 Å². The largest absolute Gasteiger partial charge is 0.326 e. The van der Waals surface area contributed by atoms with E-state index < -0.39 is 0 Å². The highest BCUT2D eigenvalue weighted by Gasteiger charge is 2.43. The summed E-state index contributed by atoms with van der Waals surface area (Å²) in [5.41, 5.74) is 3.33. The standard InChI is InChI=1S/C16H16N2O/c1-11-2-4-12(5-3-11)14-10-15(14)16(19)18-13-6-8-17-9-7-13/h2-9,14-15H,10H2,1H3,(H,17,18,19). The Morgan fingerprint density at radius 1 is 1.16 bits per heavy atom. The first-order chi connectivity index (χ1) is 9.24. The maximum atomic E-state index is 12.1. The van der Waals surface area contributed by atoms with E-state index in [1.165, 1.54) is 11.1 Å². The molecule has 96 valence electrons. The van der Waals surface area contributed by atoms with Gasteiger partial charge in [0.15, 0.2) is 0 Å². The van der Waals surface area contributed by atoms with E-state index >= 15 is 0 Å². The molecule has 1 aliphatic carbocycles. The fraction of sp³-hybridized carbons (Fsp3) is 0.250. The van der Waals surface area contributed by atoms with E-state index in [9.17, 15) is 4.79 Å². The van der Waals surface area contributed by atoms with Crippen molar-refractivity contribution in [3.63, 3.8) is 0 Å². The lowest BCUT2D eigenvalue weighted by Gasteiger charge is -2.04. The number of hydrogen-bond acceptors (Lipinski definition) is 2. The number of rotatable bonds is 3. The van der Waals surface area contributed by atoms with Crippen LogP contribution in [0.15, 0.2) is 48.8 Å². The number of carbonyl (C=O) groups is 1. The summed E-state index contributed by atoms with van der Waals surface area (Å²) < 4.78 is 0. The Balaban J connectivity index is 1.63. The second-order valence-corrected chi connectivity index (χ2v) is 5.08. The Morgan fingerprint density at radius 2 is 1.84 bits per heavy atom. The third kappa shape index (κ3) is 2.65. The van der Waals surface area contributed by atoms with Crippen LogP contribution in [-0.4, -0.2) is 10.9 Å². The molecule has 2 aromatic rings. The fourth-order valence-corrected chi connectivity index (χ4v) is 2.34. The van der Waals surface area contributed by atoms with Crippen LogP contribution in [0.1, 0.15) is 23.5 Å². The number of nitrogens with one attached hydrogen (secondary N) is 1. The molecule has 0 bridgehead atoms. The minimum atomic E-state index is 0.107. The van der Waals surface area contributed by atoms with Crippen molar-refractivity contribution < 1.29 is 4.79 Å². The Hall–Kier alpha value is -2.16. The molecule has 0 spiro atoms. The zero-order chi connectivity index (χ0) is 13.2. The van der Waals surface area contributed by atoms with Gasteiger partial charge in [-0.25, -0.2) is 0 Å². The molecule has 1 saturated carbocycles. The minimum absolute atomic E-state index is 0.107. The van der Waals surface area contributed by atoms with Gasteiger partial charge in [0, 0.05) is 24.0 Å². The van der Waals surface area contributed by atoms with Gasteiger partial charge in [0.25, 0.3) is 0 Å². The average Bonchev–Trinajstić information content (AvgIpc) is 3.21. The van der Waals surface area contributed by atoms with E-state index in [1.54, 1.807) is 24.5 Å². The van der Waals surface area contributed by atoms with Gasteiger partial charge in [-0.2, -0.15) is 0 Å². The summed E-state index contributed by atoms with van der Waals surface area (Å²) in [4.78, 5) is 16.0. The van der Waals surface area contributed by atoms with Crippen LogP contribution >= 0.6 is 0 Å². The molecular weight excluding hydrogens is 236 g/mol. The molecule has 1 heterocycles. The number of anilines is 1. The van der Waals surface area contributed by atoms with E-state index in [4.69, 9.17) is 0 Å². The van der Waals surface area contributed by atoms with Gasteiger partial charge in [-0.1, -0.05) is 29.8 Å². The van der Waals surface area contributed by atoms with Gasteiger partial charge < -0.3 is 5.32 Å². The fourth-order valence-electron chi connectivity index (χ4n) is 2.34. The second-order valence-electron chi connectivity index (χ2n) is 5.08. The molecule has 1 aliphatic rings. The lowest BCUT2D eigenvalue weighted by Crippen LogP contribution is -2.14. The number of carbonyl (C=O) groups excluding carboxylic acids is 1. The molecule has 0 radical (unpaired) electrons. The van der Waals surface area contributed by atoms with Crippen molar-refractivity contribution in [1.82, 2.24) is 4.98 Å². The molecule has 0 saturated heterocycles. The van der Waals surface area contributed by atoms with Gasteiger partial charge in [-0.15, -0.1) is 0 Å². The van der Waals surface area contributed by atoms with Crippen molar-refractivity contribution in [2.45, 2.75) is 19.3 Å². The van der Waals surface area contributed by atoms with Crippen LogP contribution in [0.3, 0.4) is 0 Å². The van der Waals surface area contributed by atoms with Crippen molar-refractivity contribution in [2.75, 3.05) is 5.32 Å². The maximum absolute atomic E-state index is 12.1. The molecule has 1 N–H and O–H groups in total. The Morgan fingerprint density at radius 3 is 2.53 bits per heavy atom. The van der Waals surface area contributed by atoms with Crippen LogP contribution in [0.5, 0.6) is 0 Å². The van der Waals surface area contributed by atoms with Crippen molar-refractivity contribution in [1.29, 1.82) is 0 Å². The summed E-state index contributed by atoms with van der Waals surface area (Å²) in [6.07, 6.45) is 4.31. The van der Waals surface area contributed by atoms with Crippen molar-refractivity contribution in [2.24, 2.45) is 5.92 Å². The van der Waals surface area contributed by atoms with Crippen molar-refractivity contribution >= 4 is 11.6 Å². The molecule has 2 atom stereocenters. The molecular formula is C16H16N2O. The molecule has 3 heteroatoms. The molecule has 2 unspecified atom stereocenters. The van der Waals surface area contributed by atoms with E-state index in [2.05, 4.69) is 41.5 Å².